The summed E-state index contributed by atoms with van der Waals surface area (Å²) >= 11 is 11.4. The monoisotopic (exact) mass is 476 g/mol. The van der Waals surface area contributed by atoms with Crippen LogP contribution in [0.15, 0.2) is 48.9 Å². The van der Waals surface area contributed by atoms with Gasteiger partial charge in [0.25, 0.3) is 0 Å². The van der Waals surface area contributed by atoms with E-state index in [0.29, 0.717) is 42.2 Å². The van der Waals surface area contributed by atoms with E-state index >= 15 is 0 Å². The molecule has 0 amide bonds. The van der Waals surface area contributed by atoms with Crippen molar-refractivity contribution < 1.29 is 4.21 Å². The predicted molar refractivity (Wildman–Crippen MR) is 126 cm³/mol. The van der Waals surface area contributed by atoms with Gasteiger partial charge in [-0.3, -0.25) is 4.98 Å². The molecule has 7 nitrogen and oxygen atoms in total. The van der Waals surface area contributed by atoms with Gasteiger partial charge in [0.05, 0.1) is 10.7 Å². The van der Waals surface area contributed by atoms with E-state index in [1.54, 1.807) is 16.7 Å². The molecule has 0 saturated carbocycles. The summed E-state index contributed by atoms with van der Waals surface area (Å²) in [6, 6.07) is 9.41. The van der Waals surface area contributed by atoms with Gasteiger partial charge in [-0.15, -0.1) is 0 Å². The molecule has 1 fully saturated rings. The van der Waals surface area contributed by atoms with E-state index in [4.69, 9.17) is 28.2 Å². The van der Waals surface area contributed by atoms with Gasteiger partial charge in [-0.2, -0.15) is 0 Å². The molecule has 1 saturated heterocycles. The van der Waals surface area contributed by atoms with Crippen LogP contribution in [0.3, 0.4) is 0 Å². The molecule has 0 bridgehead atoms. The summed E-state index contributed by atoms with van der Waals surface area (Å²) in [7, 11) is 3.62. The molecule has 1 aliphatic heterocycles. The molecule has 1 aliphatic rings. The zero-order valence-electron chi connectivity index (χ0n) is 17.2. The Hall–Kier alpha value is -2.10. The van der Waals surface area contributed by atoms with E-state index in [0.717, 1.165) is 22.4 Å². The standard InChI is InChI=1S/C21H22Cl2N6OS/c1-27(2)31(30)29-11-9-28(10-12-29)21-25-13-18(15-3-5-16(22)6-4-15)20(26-21)17-7-8-24-14-19(17)23/h3-8,13-14H,9-12H2,1-2H3. The van der Waals surface area contributed by atoms with Gasteiger partial charge in [0.1, 0.15) is 0 Å². The van der Waals surface area contributed by atoms with Gasteiger partial charge in [0.2, 0.25) is 5.95 Å². The normalized spacial score (nSPS) is 16.0. The lowest BCUT2D eigenvalue weighted by Crippen LogP contribution is -2.49. The van der Waals surface area contributed by atoms with Crippen LogP contribution in [0.4, 0.5) is 5.95 Å². The average molecular weight is 477 g/mol. The summed E-state index contributed by atoms with van der Waals surface area (Å²) in [5, 5.41) is 1.19. The third-order valence-electron chi connectivity index (χ3n) is 5.01. The number of pyridine rings is 1. The number of aromatic nitrogens is 3. The molecule has 4 rings (SSSR count). The van der Waals surface area contributed by atoms with E-state index in [1.165, 1.54) is 0 Å². The molecule has 3 heterocycles. The molecular formula is C21H22Cl2N6OS. The molecule has 1 unspecified atom stereocenters. The lowest BCUT2D eigenvalue weighted by atomic mass is 10.0. The number of anilines is 1. The van der Waals surface area contributed by atoms with E-state index < -0.39 is 11.2 Å². The van der Waals surface area contributed by atoms with Crippen molar-refractivity contribution in [3.8, 4) is 22.4 Å². The van der Waals surface area contributed by atoms with Crippen molar-refractivity contribution in [3.63, 3.8) is 0 Å². The molecule has 0 radical (unpaired) electrons. The van der Waals surface area contributed by atoms with Crippen LogP contribution in [0.25, 0.3) is 22.4 Å². The van der Waals surface area contributed by atoms with Gasteiger partial charge in [-0.25, -0.2) is 22.8 Å². The lowest BCUT2D eigenvalue weighted by Gasteiger charge is -2.34. The fourth-order valence-electron chi connectivity index (χ4n) is 3.41. The van der Waals surface area contributed by atoms with Crippen LogP contribution in [-0.4, -0.2) is 68.0 Å². The summed E-state index contributed by atoms with van der Waals surface area (Å²) in [4.78, 5) is 15.7. The number of nitrogens with zero attached hydrogens (tertiary/aromatic N) is 6. The molecule has 1 aromatic carbocycles. The predicted octanol–water partition coefficient (Wildman–Crippen LogP) is 3.77. The smallest absolute Gasteiger partial charge is 0.225 e. The molecule has 3 aromatic rings. The molecule has 1 atom stereocenters. The number of hydrogen-bond acceptors (Lipinski definition) is 5. The highest BCUT2D eigenvalue weighted by molar-refractivity contribution is 7.80. The second-order valence-electron chi connectivity index (χ2n) is 7.25. The summed E-state index contributed by atoms with van der Waals surface area (Å²) in [5.41, 5.74) is 3.34. The maximum atomic E-state index is 12.3. The van der Waals surface area contributed by atoms with Crippen molar-refractivity contribution in [2.75, 3.05) is 45.2 Å². The van der Waals surface area contributed by atoms with Crippen molar-refractivity contribution in [1.29, 1.82) is 0 Å². The molecule has 31 heavy (non-hydrogen) atoms. The zero-order chi connectivity index (χ0) is 22.0. The minimum atomic E-state index is -1.13. The van der Waals surface area contributed by atoms with E-state index in [1.807, 2.05) is 54.9 Å². The van der Waals surface area contributed by atoms with Crippen LogP contribution in [0.2, 0.25) is 10.0 Å². The fourth-order valence-corrected chi connectivity index (χ4v) is 4.69. The third kappa shape index (κ3) is 4.88. The Labute approximate surface area is 194 Å². The van der Waals surface area contributed by atoms with Gasteiger partial charge in [0, 0.05) is 75.0 Å². The number of hydrogen-bond donors (Lipinski definition) is 0. The van der Waals surface area contributed by atoms with Crippen molar-refractivity contribution in [2.45, 2.75) is 0 Å². The van der Waals surface area contributed by atoms with Gasteiger partial charge < -0.3 is 4.90 Å². The maximum Gasteiger partial charge on any atom is 0.225 e. The van der Waals surface area contributed by atoms with Gasteiger partial charge in [-0.1, -0.05) is 35.3 Å². The van der Waals surface area contributed by atoms with Crippen molar-refractivity contribution >= 4 is 40.3 Å². The van der Waals surface area contributed by atoms with E-state index in [9.17, 15) is 4.21 Å². The summed E-state index contributed by atoms with van der Waals surface area (Å²) in [6.45, 7) is 2.70. The Kier molecular flexibility index (Phi) is 6.83. The maximum absolute atomic E-state index is 12.3. The highest BCUT2D eigenvalue weighted by Crippen LogP contribution is 2.35. The summed E-state index contributed by atoms with van der Waals surface area (Å²) < 4.78 is 16.0. The first-order chi connectivity index (χ1) is 14.9. The average Bonchev–Trinajstić information content (AvgIpc) is 2.79. The minimum absolute atomic E-state index is 0.522. The fraction of sp³-hybridized carbons (Fsp3) is 0.286. The van der Waals surface area contributed by atoms with Gasteiger partial charge in [0.15, 0.2) is 11.2 Å². The Morgan fingerprint density at radius 3 is 2.32 bits per heavy atom. The Bertz CT molecular complexity index is 1090. The van der Waals surface area contributed by atoms with Crippen LogP contribution in [0, 0.1) is 0 Å². The first-order valence-electron chi connectivity index (χ1n) is 9.76. The SMILES string of the molecule is CN(C)S(=O)N1CCN(c2ncc(-c3ccc(Cl)cc3)c(-c3ccncc3Cl)n2)CC1. The van der Waals surface area contributed by atoms with Crippen molar-refractivity contribution in [1.82, 2.24) is 23.6 Å². The van der Waals surface area contributed by atoms with Gasteiger partial charge >= 0.3 is 0 Å². The topological polar surface area (TPSA) is 65.5 Å². The summed E-state index contributed by atoms with van der Waals surface area (Å²) in [6.07, 6.45) is 5.13. The Morgan fingerprint density at radius 1 is 0.968 bits per heavy atom. The minimum Gasteiger partial charge on any atom is -0.338 e. The number of halogens is 2. The highest BCUT2D eigenvalue weighted by atomic mass is 35.5. The highest BCUT2D eigenvalue weighted by Gasteiger charge is 2.25. The number of benzene rings is 1. The van der Waals surface area contributed by atoms with E-state index in [-0.39, 0.29) is 0 Å². The van der Waals surface area contributed by atoms with Gasteiger partial charge in [-0.05, 0) is 23.8 Å². The quantitative estimate of drug-likeness (QED) is 0.560. The van der Waals surface area contributed by atoms with Crippen LogP contribution in [-0.2, 0) is 11.2 Å². The molecular weight excluding hydrogens is 455 g/mol. The van der Waals surface area contributed by atoms with Crippen LogP contribution in [0.1, 0.15) is 0 Å². The molecule has 162 valence electrons. The Morgan fingerprint density at radius 2 is 1.68 bits per heavy atom. The molecule has 0 spiro atoms. The first kappa shape index (κ1) is 22.1. The van der Waals surface area contributed by atoms with Crippen LogP contribution >= 0.6 is 23.2 Å². The van der Waals surface area contributed by atoms with Crippen molar-refractivity contribution in [2.24, 2.45) is 0 Å². The second-order valence-corrected chi connectivity index (χ2v) is 9.81. The first-order valence-corrected chi connectivity index (χ1v) is 11.6. The molecule has 0 N–H and O–H groups in total. The van der Waals surface area contributed by atoms with Crippen molar-refractivity contribution in [3.05, 3.63) is 59.0 Å². The largest absolute Gasteiger partial charge is 0.338 e. The van der Waals surface area contributed by atoms with Crippen LogP contribution < -0.4 is 4.90 Å². The number of piperazine rings is 1. The molecule has 0 aliphatic carbocycles. The number of rotatable bonds is 5. The van der Waals surface area contributed by atoms with E-state index in [2.05, 4.69) is 14.9 Å². The second kappa shape index (κ2) is 9.58. The summed E-state index contributed by atoms with van der Waals surface area (Å²) in [5.74, 6) is 0.621. The zero-order valence-corrected chi connectivity index (χ0v) is 19.5. The Balaban J connectivity index is 1.69. The molecule has 10 heteroatoms. The molecule has 2 aromatic heterocycles. The van der Waals surface area contributed by atoms with Crippen LogP contribution in [0.5, 0.6) is 0 Å². The third-order valence-corrected chi connectivity index (χ3v) is 7.00. The lowest BCUT2D eigenvalue weighted by molar-refractivity contribution is 0.386.